The van der Waals surface area contributed by atoms with Gasteiger partial charge in [-0.25, -0.2) is 0 Å². The lowest BCUT2D eigenvalue weighted by Crippen LogP contribution is -2.60. The van der Waals surface area contributed by atoms with Crippen molar-refractivity contribution in [2.24, 2.45) is 0 Å². The van der Waals surface area contributed by atoms with E-state index in [2.05, 4.69) is 55.6 Å². The Bertz CT molecular complexity index is 1150. The molecule has 0 aromatic heterocycles. The molecule has 0 saturated carbocycles. The summed E-state index contributed by atoms with van der Waals surface area (Å²) in [6.45, 7) is 3.43. The van der Waals surface area contributed by atoms with E-state index in [4.69, 9.17) is 9.47 Å². The molecule has 1 rings (SSSR count). The Labute approximate surface area is 397 Å². The van der Waals surface area contributed by atoms with Crippen molar-refractivity contribution in [3.63, 3.8) is 0 Å². The van der Waals surface area contributed by atoms with Crippen molar-refractivity contribution in [2.45, 2.75) is 287 Å². The average Bonchev–Trinajstić information content (AvgIpc) is 3.31. The van der Waals surface area contributed by atoms with E-state index in [0.717, 1.165) is 57.8 Å². The van der Waals surface area contributed by atoms with Gasteiger partial charge in [-0.1, -0.05) is 192 Å². The van der Waals surface area contributed by atoms with Crippen LogP contribution in [0.3, 0.4) is 0 Å². The summed E-state index contributed by atoms with van der Waals surface area (Å²) in [5.74, 6) is -0.715. The molecule has 9 atom stereocenters. The first-order valence-electron chi connectivity index (χ1n) is 26.9. The molecule has 1 aliphatic heterocycles. The summed E-state index contributed by atoms with van der Waals surface area (Å²) in [6, 6.07) is -1.19. The second kappa shape index (κ2) is 43.6. The van der Waals surface area contributed by atoms with E-state index >= 15 is 0 Å². The minimum atomic E-state index is -1.67. The Kier molecular flexibility index (Phi) is 41.1. The second-order valence-electron chi connectivity index (χ2n) is 18.9. The lowest BCUT2D eigenvalue weighted by molar-refractivity contribution is -0.303. The third kappa shape index (κ3) is 32.7. The first-order chi connectivity index (χ1) is 31.7. The summed E-state index contributed by atoms with van der Waals surface area (Å²) in [5, 5.41) is 75.9. The lowest BCUT2D eigenvalue weighted by atomic mass is 9.98. The number of hydrogen-bond acceptors (Lipinski definition) is 10. The molecule has 0 aliphatic carbocycles. The van der Waals surface area contributed by atoms with E-state index in [-0.39, 0.29) is 12.8 Å². The number of ether oxygens (including phenoxy) is 2. The molecule has 0 spiro atoms. The first-order valence-corrected chi connectivity index (χ1v) is 26.9. The Morgan fingerprint density at radius 3 is 1.37 bits per heavy atom. The maximum absolute atomic E-state index is 13.1. The number of unbranched alkanes of at least 4 members (excludes halogenated alkanes) is 27. The van der Waals surface area contributed by atoms with Crippen LogP contribution in [0.25, 0.3) is 0 Å². The van der Waals surface area contributed by atoms with Crippen LogP contribution in [0.2, 0.25) is 0 Å². The summed E-state index contributed by atoms with van der Waals surface area (Å²) in [7, 11) is 0. The van der Waals surface area contributed by atoms with E-state index in [0.29, 0.717) is 19.3 Å². The van der Waals surface area contributed by atoms with Crippen molar-refractivity contribution in [3.8, 4) is 0 Å². The number of aliphatic hydroxyl groups is 7. The van der Waals surface area contributed by atoms with Gasteiger partial charge in [-0.15, -0.1) is 0 Å². The Hall–Kier alpha value is -1.67. The van der Waals surface area contributed by atoms with Crippen LogP contribution in [0.1, 0.15) is 232 Å². The molecule has 0 aromatic carbocycles. The van der Waals surface area contributed by atoms with Crippen LogP contribution in [-0.4, -0.2) is 110 Å². The molecule has 11 heteroatoms. The zero-order chi connectivity index (χ0) is 47.6. The maximum atomic E-state index is 13.1. The number of hydrogen-bond donors (Lipinski definition) is 8. The quantitative estimate of drug-likeness (QED) is 0.0216. The number of carbonyl (C=O) groups is 1. The number of nitrogens with one attached hydrogen (secondary N) is 1. The zero-order valence-electron chi connectivity index (χ0n) is 41.5. The van der Waals surface area contributed by atoms with Gasteiger partial charge in [0.25, 0.3) is 0 Å². The maximum Gasteiger partial charge on any atom is 0.249 e. The van der Waals surface area contributed by atoms with Crippen LogP contribution >= 0.6 is 0 Å². The second-order valence-corrected chi connectivity index (χ2v) is 18.9. The Morgan fingerprint density at radius 2 is 0.923 bits per heavy atom. The largest absolute Gasteiger partial charge is 0.394 e. The monoisotopic (exact) mass is 924 g/mol. The molecule has 0 aromatic rings. The van der Waals surface area contributed by atoms with Gasteiger partial charge in [-0.3, -0.25) is 4.79 Å². The van der Waals surface area contributed by atoms with Crippen molar-refractivity contribution in [1.29, 1.82) is 0 Å². The van der Waals surface area contributed by atoms with Gasteiger partial charge in [0, 0.05) is 0 Å². The minimum absolute atomic E-state index is 0.244. The molecule has 1 aliphatic rings. The fourth-order valence-electron chi connectivity index (χ4n) is 8.45. The number of carbonyl (C=O) groups excluding carboxylic acids is 1. The normalized spacial score (nSPS) is 21.2. The van der Waals surface area contributed by atoms with Gasteiger partial charge in [0.05, 0.1) is 25.4 Å². The topological polar surface area (TPSA) is 189 Å². The lowest BCUT2D eigenvalue weighted by Gasteiger charge is -2.40. The third-order valence-corrected chi connectivity index (χ3v) is 12.9. The molecule has 11 nitrogen and oxygen atoms in total. The summed E-state index contributed by atoms with van der Waals surface area (Å²) in [5.41, 5.74) is 0. The molecule has 1 fully saturated rings. The van der Waals surface area contributed by atoms with Gasteiger partial charge in [0.2, 0.25) is 5.91 Å². The van der Waals surface area contributed by atoms with E-state index < -0.39 is 74.2 Å². The predicted octanol–water partition coefficient (Wildman–Crippen LogP) is 10.3. The summed E-state index contributed by atoms with van der Waals surface area (Å²) in [6.07, 6.45) is 40.5. The number of aliphatic hydroxyl groups excluding tert-OH is 7. The average molecular weight is 924 g/mol. The summed E-state index contributed by atoms with van der Waals surface area (Å²) < 4.78 is 11.1. The summed E-state index contributed by atoms with van der Waals surface area (Å²) in [4.78, 5) is 13.1. The Morgan fingerprint density at radius 1 is 0.523 bits per heavy atom. The third-order valence-electron chi connectivity index (χ3n) is 12.9. The SMILES string of the molecule is CCCCCCCCC/C=C/CC/C=C/CCCC(O)C(O)C(COC1OC(CO)C(O)C(O)C1O)NC(=O)C(O)CCCCCCCC/C=C\CCCCCCCCCCCCCC. The van der Waals surface area contributed by atoms with Crippen molar-refractivity contribution in [2.75, 3.05) is 13.2 Å². The molecule has 1 amide bonds. The minimum Gasteiger partial charge on any atom is -0.394 e. The fraction of sp³-hybridized carbons (Fsp3) is 0.870. The molecule has 1 saturated heterocycles. The van der Waals surface area contributed by atoms with Gasteiger partial charge in [-0.05, 0) is 77.0 Å². The van der Waals surface area contributed by atoms with E-state index in [1.807, 2.05) is 0 Å². The molecular formula is C54H101NO10. The van der Waals surface area contributed by atoms with E-state index in [9.17, 15) is 40.5 Å². The van der Waals surface area contributed by atoms with E-state index in [1.54, 1.807) is 0 Å². The van der Waals surface area contributed by atoms with Gasteiger partial charge in [-0.2, -0.15) is 0 Å². The molecule has 382 valence electrons. The molecule has 1 heterocycles. The number of allylic oxidation sites excluding steroid dienone is 6. The highest BCUT2D eigenvalue weighted by atomic mass is 16.7. The number of amides is 1. The first kappa shape index (κ1) is 61.3. The highest BCUT2D eigenvalue weighted by molar-refractivity contribution is 5.80. The molecule has 9 unspecified atom stereocenters. The van der Waals surface area contributed by atoms with Gasteiger partial charge >= 0.3 is 0 Å². The van der Waals surface area contributed by atoms with Crippen LogP contribution in [0.15, 0.2) is 36.5 Å². The standard InChI is InChI=1S/C54H101NO10/c1-3-5-7-9-11-13-15-17-19-21-22-23-24-25-26-28-30-32-34-36-38-40-42-47(58)53(63)55-45(44-64-54-52(62)51(61)50(60)48(43-56)65-54)49(59)46(57)41-39-37-35-33-31-29-27-20-18-16-14-12-10-8-6-4-2/h20,25-27,33,35,45-52,54,56-62H,3-19,21-24,28-32,34,36-44H2,1-2H3,(H,55,63)/b26-25-,27-20+,35-33+. The van der Waals surface area contributed by atoms with Crippen LogP contribution in [-0.2, 0) is 14.3 Å². The molecule has 0 radical (unpaired) electrons. The van der Waals surface area contributed by atoms with Crippen LogP contribution < -0.4 is 5.32 Å². The molecule has 8 N–H and O–H groups in total. The van der Waals surface area contributed by atoms with Crippen molar-refractivity contribution < 1.29 is 50.0 Å². The number of rotatable bonds is 45. The van der Waals surface area contributed by atoms with Gasteiger partial charge in [0.1, 0.15) is 36.6 Å². The highest BCUT2D eigenvalue weighted by Crippen LogP contribution is 2.23. The fourth-order valence-corrected chi connectivity index (χ4v) is 8.45. The van der Waals surface area contributed by atoms with Gasteiger partial charge in [0.15, 0.2) is 6.29 Å². The molecule has 65 heavy (non-hydrogen) atoms. The van der Waals surface area contributed by atoms with Crippen LogP contribution in [0.5, 0.6) is 0 Å². The van der Waals surface area contributed by atoms with Gasteiger partial charge < -0.3 is 50.5 Å². The molecular weight excluding hydrogens is 823 g/mol. The molecule has 0 bridgehead atoms. The highest BCUT2D eigenvalue weighted by Gasteiger charge is 2.44. The van der Waals surface area contributed by atoms with Crippen molar-refractivity contribution >= 4 is 5.91 Å². The zero-order valence-corrected chi connectivity index (χ0v) is 41.5. The smallest absolute Gasteiger partial charge is 0.249 e. The van der Waals surface area contributed by atoms with Crippen LogP contribution in [0, 0.1) is 0 Å². The van der Waals surface area contributed by atoms with Crippen molar-refractivity contribution in [1.82, 2.24) is 5.32 Å². The summed E-state index contributed by atoms with van der Waals surface area (Å²) >= 11 is 0. The predicted molar refractivity (Wildman–Crippen MR) is 265 cm³/mol. The van der Waals surface area contributed by atoms with Crippen molar-refractivity contribution in [3.05, 3.63) is 36.5 Å². The van der Waals surface area contributed by atoms with E-state index in [1.165, 1.54) is 128 Å². The Balaban J connectivity index is 2.38. The van der Waals surface area contributed by atoms with Crippen LogP contribution in [0.4, 0.5) is 0 Å².